The monoisotopic (exact) mass is 231 g/mol. The van der Waals surface area contributed by atoms with Crippen LogP contribution in [-0.4, -0.2) is 34.0 Å². The summed E-state index contributed by atoms with van der Waals surface area (Å²) in [6, 6.07) is 8.89. The molecule has 0 atom stereocenters. The SMILES string of the molecule is O=C(c1ccccc1)N1CC2CC1(C(=O)O)C2. The number of carboxylic acids is 1. The van der Waals surface area contributed by atoms with Gasteiger partial charge < -0.3 is 10.0 Å². The van der Waals surface area contributed by atoms with Crippen molar-refractivity contribution in [3.63, 3.8) is 0 Å². The van der Waals surface area contributed by atoms with Gasteiger partial charge in [0.05, 0.1) is 0 Å². The van der Waals surface area contributed by atoms with Crippen LogP contribution in [0, 0.1) is 5.92 Å². The van der Waals surface area contributed by atoms with Crippen molar-refractivity contribution in [3.8, 4) is 0 Å². The zero-order valence-corrected chi connectivity index (χ0v) is 9.30. The number of carbonyl (C=O) groups excluding carboxylic acids is 1. The number of aliphatic carboxylic acids is 1. The molecule has 88 valence electrons. The lowest BCUT2D eigenvalue weighted by Gasteiger charge is -2.37. The Morgan fingerprint density at radius 2 is 1.88 bits per heavy atom. The van der Waals surface area contributed by atoms with E-state index < -0.39 is 11.5 Å². The summed E-state index contributed by atoms with van der Waals surface area (Å²) in [6.07, 6.45) is 1.22. The summed E-state index contributed by atoms with van der Waals surface area (Å²) in [4.78, 5) is 25.1. The van der Waals surface area contributed by atoms with Gasteiger partial charge in [-0.25, -0.2) is 4.79 Å². The highest BCUT2D eigenvalue weighted by atomic mass is 16.4. The second-order valence-corrected chi connectivity index (χ2v) is 4.89. The Hall–Kier alpha value is -1.84. The Bertz CT molecular complexity index is 477. The molecule has 4 rings (SSSR count). The molecule has 17 heavy (non-hydrogen) atoms. The van der Waals surface area contributed by atoms with E-state index in [-0.39, 0.29) is 5.91 Å². The summed E-state index contributed by atoms with van der Waals surface area (Å²) in [6.45, 7) is 0.583. The molecule has 3 aliphatic rings. The molecule has 2 aliphatic heterocycles. The van der Waals surface area contributed by atoms with Crippen molar-refractivity contribution in [1.82, 2.24) is 4.90 Å². The molecule has 3 fully saturated rings. The molecule has 1 aliphatic carbocycles. The normalized spacial score (nSPS) is 29.9. The number of amides is 1. The van der Waals surface area contributed by atoms with E-state index in [1.54, 1.807) is 24.3 Å². The minimum Gasteiger partial charge on any atom is -0.479 e. The molecule has 1 N–H and O–H groups in total. The fraction of sp³-hybridized carbons (Fsp3) is 0.385. The van der Waals surface area contributed by atoms with Gasteiger partial charge in [0.2, 0.25) is 0 Å². The number of carboxylic acid groups (broad SMARTS) is 1. The maximum atomic E-state index is 12.3. The molecule has 0 spiro atoms. The van der Waals surface area contributed by atoms with Crippen LogP contribution in [-0.2, 0) is 4.79 Å². The first-order valence-corrected chi connectivity index (χ1v) is 5.74. The summed E-state index contributed by atoms with van der Waals surface area (Å²) >= 11 is 0. The van der Waals surface area contributed by atoms with Gasteiger partial charge in [-0.15, -0.1) is 0 Å². The molecule has 2 saturated heterocycles. The summed E-state index contributed by atoms with van der Waals surface area (Å²) in [7, 11) is 0. The van der Waals surface area contributed by atoms with Crippen LogP contribution in [0.25, 0.3) is 0 Å². The molecular formula is C13H13NO3. The van der Waals surface area contributed by atoms with Crippen molar-refractivity contribution in [2.45, 2.75) is 18.4 Å². The van der Waals surface area contributed by atoms with Gasteiger partial charge >= 0.3 is 5.97 Å². The van der Waals surface area contributed by atoms with Gasteiger partial charge in [0.15, 0.2) is 0 Å². The summed E-state index contributed by atoms with van der Waals surface area (Å²) in [5, 5.41) is 9.28. The van der Waals surface area contributed by atoms with Crippen LogP contribution in [0.4, 0.5) is 0 Å². The molecular weight excluding hydrogens is 218 g/mol. The summed E-state index contributed by atoms with van der Waals surface area (Å²) < 4.78 is 0. The van der Waals surface area contributed by atoms with Gasteiger partial charge in [0.1, 0.15) is 5.54 Å². The maximum absolute atomic E-state index is 12.3. The van der Waals surface area contributed by atoms with Gasteiger partial charge in [0, 0.05) is 12.1 Å². The third kappa shape index (κ3) is 1.30. The van der Waals surface area contributed by atoms with Gasteiger partial charge in [-0.1, -0.05) is 18.2 Å². The molecule has 2 heterocycles. The quantitative estimate of drug-likeness (QED) is 0.836. The van der Waals surface area contributed by atoms with Crippen molar-refractivity contribution >= 4 is 11.9 Å². The second-order valence-electron chi connectivity index (χ2n) is 4.89. The van der Waals surface area contributed by atoms with Crippen LogP contribution in [0.2, 0.25) is 0 Å². The molecule has 1 saturated carbocycles. The highest BCUT2D eigenvalue weighted by molar-refractivity contribution is 5.99. The van der Waals surface area contributed by atoms with E-state index in [0.29, 0.717) is 30.9 Å². The van der Waals surface area contributed by atoms with Crippen molar-refractivity contribution in [3.05, 3.63) is 35.9 Å². The van der Waals surface area contributed by atoms with Crippen LogP contribution in [0.1, 0.15) is 23.2 Å². The molecule has 1 aromatic carbocycles. The molecule has 1 aromatic rings. The van der Waals surface area contributed by atoms with E-state index in [9.17, 15) is 14.7 Å². The Labute approximate surface area is 98.9 Å². The number of benzene rings is 1. The number of carbonyl (C=O) groups is 2. The number of rotatable bonds is 2. The van der Waals surface area contributed by atoms with Gasteiger partial charge in [-0.3, -0.25) is 4.79 Å². The fourth-order valence-electron chi connectivity index (χ4n) is 2.98. The second kappa shape index (κ2) is 3.32. The minimum absolute atomic E-state index is 0.159. The highest BCUT2D eigenvalue weighted by Gasteiger charge is 2.62. The Kier molecular flexibility index (Phi) is 2.02. The number of hydrogen-bond acceptors (Lipinski definition) is 2. The van der Waals surface area contributed by atoms with Crippen LogP contribution >= 0.6 is 0 Å². The largest absolute Gasteiger partial charge is 0.479 e. The van der Waals surface area contributed by atoms with Crippen LogP contribution in [0.15, 0.2) is 30.3 Å². The molecule has 1 amide bonds. The summed E-state index contributed by atoms with van der Waals surface area (Å²) in [5.41, 5.74) is -0.349. The average molecular weight is 231 g/mol. The molecule has 0 aromatic heterocycles. The van der Waals surface area contributed by atoms with Gasteiger partial charge in [-0.05, 0) is 30.9 Å². The lowest BCUT2D eigenvalue weighted by molar-refractivity contribution is -0.151. The van der Waals surface area contributed by atoms with Gasteiger partial charge in [0.25, 0.3) is 5.91 Å². The Morgan fingerprint density at radius 3 is 2.47 bits per heavy atom. The third-order valence-electron chi connectivity index (χ3n) is 3.87. The smallest absolute Gasteiger partial charge is 0.329 e. The van der Waals surface area contributed by atoms with Crippen molar-refractivity contribution in [2.24, 2.45) is 5.92 Å². The lowest BCUT2D eigenvalue weighted by atomic mass is 9.73. The van der Waals surface area contributed by atoms with Crippen molar-refractivity contribution in [1.29, 1.82) is 0 Å². The Balaban J connectivity index is 1.91. The zero-order chi connectivity index (χ0) is 12.0. The molecule has 0 radical (unpaired) electrons. The van der Waals surface area contributed by atoms with E-state index in [1.807, 2.05) is 6.07 Å². The van der Waals surface area contributed by atoms with Crippen LogP contribution in [0.5, 0.6) is 0 Å². The predicted octanol–water partition coefficient (Wildman–Crippen LogP) is 1.38. The van der Waals surface area contributed by atoms with Crippen LogP contribution in [0.3, 0.4) is 0 Å². The minimum atomic E-state index is -0.919. The van der Waals surface area contributed by atoms with Crippen molar-refractivity contribution in [2.75, 3.05) is 6.54 Å². The van der Waals surface area contributed by atoms with E-state index in [4.69, 9.17) is 0 Å². The van der Waals surface area contributed by atoms with E-state index in [2.05, 4.69) is 0 Å². The number of fused-ring (bicyclic) bond motifs is 1. The van der Waals surface area contributed by atoms with Crippen LogP contribution < -0.4 is 0 Å². The maximum Gasteiger partial charge on any atom is 0.329 e. The molecule has 0 unspecified atom stereocenters. The fourth-order valence-corrected chi connectivity index (χ4v) is 2.98. The first-order valence-electron chi connectivity index (χ1n) is 5.74. The predicted molar refractivity (Wildman–Crippen MR) is 60.6 cm³/mol. The van der Waals surface area contributed by atoms with E-state index in [1.165, 1.54) is 4.90 Å². The first-order chi connectivity index (χ1) is 8.13. The molecule has 4 heteroatoms. The number of hydrogen-bond donors (Lipinski definition) is 1. The molecule has 4 nitrogen and oxygen atoms in total. The summed E-state index contributed by atoms with van der Waals surface area (Å²) in [5.74, 6) is -0.651. The first kappa shape index (κ1) is 10.3. The lowest BCUT2D eigenvalue weighted by Crippen LogP contribution is -2.54. The third-order valence-corrected chi connectivity index (χ3v) is 3.87. The molecule has 2 bridgehead atoms. The highest BCUT2D eigenvalue weighted by Crippen LogP contribution is 2.51. The number of nitrogens with zero attached hydrogens (tertiary/aromatic N) is 1. The standard InChI is InChI=1S/C13H13NO3/c15-11(10-4-2-1-3-5-10)14-8-9-6-13(14,7-9)12(16)17/h1-5,9H,6-8H2,(H,16,17). The van der Waals surface area contributed by atoms with E-state index >= 15 is 0 Å². The average Bonchev–Trinajstić information content (AvgIpc) is 2.84. The van der Waals surface area contributed by atoms with Gasteiger partial charge in [-0.2, -0.15) is 0 Å². The topological polar surface area (TPSA) is 57.6 Å². The Morgan fingerprint density at radius 1 is 1.24 bits per heavy atom. The van der Waals surface area contributed by atoms with E-state index in [0.717, 1.165) is 0 Å². The van der Waals surface area contributed by atoms with Crippen molar-refractivity contribution < 1.29 is 14.7 Å². The zero-order valence-electron chi connectivity index (χ0n) is 9.30.